The van der Waals surface area contributed by atoms with Gasteiger partial charge in [0.15, 0.2) is 5.78 Å². The van der Waals surface area contributed by atoms with E-state index in [4.69, 9.17) is 11.6 Å². The van der Waals surface area contributed by atoms with E-state index in [0.717, 1.165) is 24.0 Å². The van der Waals surface area contributed by atoms with E-state index in [1.54, 1.807) is 12.1 Å². The molecule has 2 nitrogen and oxygen atoms in total. The summed E-state index contributed by atoms with van der Waals surface area (Å²) in [6.45, 7) is 6.82. The lowest BCUT2D eigenvalue weighted by molar-refractivity contribution is 0.0893. The van der Waals surface area contributed by atoms with Gasteiger partial charge in [0.25, 0.3) is 0 Å². The highest BCUT2D eigenvalue weighted by Gasteiger charge is 2.52. The van der Waals surface area contributed by atoms with Crippen LogP contribution >= 0.6 is 11.6 Å². The van der Waals surface area contributed by atoms with Crippen LogP contribution in [-0.4, -0.2) is 13.9 Å². The summed E-state index contributed by atoms with van der Waals surface area (Å²) in [5.74, 6) is -0.0221. The van der Waals surface area contributed by atoms with Crippen molar-refractivity contribution in [1.29, 1.82) is 5.26 Å². The molecule has 1 aromatic rings. The fourth-order valence-corrected chi connectivity index (χ4v) is 6.26. The van der Waals surface area contributed by atoms with Gasteiger partial charge in [-0.3, -0.25) is 4.79 Å². The number of nitriles is 1. The van der Waals surface area contributed by atoms with Gasteiger partial charge in [0.1, 0.15) is 5.41 Å². The molecule has 0 heterocycles. The van der Waals surface area contributed by atoms with E-state index < -0.39 is 13.5 Å². The number of carbonyl (C=O) groups excluding carboxylic acids is 1. The van der Waals surface area contributed by atoms with Gasteiger partial charge in [-0.25, -0.2) is 0 Å². The molecule has 21 heavy (non-hydrogen) atoms. The second kappa shape index (κ2) is 4.56. The molecule has 0 amide bonds. The predicted molar refractivity (Wildman–Crippen MR) is 87.9 cm³/mol. The highest BCUT2D eigenvalue weighted by molar-refractivity contribution is 6.94. The average Bonchev–Trinajstić information content (AvgIpc) is 2.82. The average molecular weight is 316 g/mol. The molecule has 2 aliphatic rings. The zero-order valence-electron chi connectivity index (χ0n) is 12.6. The monoisotopic (exact) mass is 315 g/mol. The van der Waals surface area contributed by atoms with Crippen molar-refractivity contribution in [1.82, 2.24) is 0 Å². The summed E-state index contributed by atoms with van der Waals surface area (Å²) in [6.07, 6.45) is 2.45. The first-order valence-corrected chi connectivity index (χ1v) is 11.2. The Morgan fingerprint density at radius 1 is 1.29 bits per heavy atom. The van der Waals surface area contributed by atoms with E-state index in [1.165, 1.54) is 5.20 Å². The first kappa shape index (κ1) is 14.6. The number of rotatable bonds is 1. The maximum absolute atomic E-state index is 13.0. The quantitative estimate of drug-likeness (QED) is 0.694. The zero-order chi connectivity index (χ0) is 15.4. The van der Waals surface area contributed by atoms with Gasteiger partial charge in [-0.05, 0) is 48.6 Å². The van der Waals surface area contributed by atoms with E-state index in [9.17, 15) is 10.1 Å². The van der Waals surface area contributed by atoms with Crippen molar-refractivity contribution >= 4 is 30.7 Å². The van der Waals surface area contributed by atoms with Crippen LogP contribution in [-0.2, 0) is 0 Å². The van der Waals surface area contributed by atoms with Gasteiger partial charge in [0.2, 0.25) is 0 Å². The first-order valence-electron chi connectivity index (χ1n) is 7.31. The third-order valence-corrected chi connectivity index (χ3v) is 6.93. The van der Waals surface area contributed by atoms with Crippen LogP contribution in [0.1, 0.15) is 35.2 Å². The molecule has 0 aromatic heterocycles. The number of benzene rings is 1. The van der Waals surface area contributed by atoms with Gasteiger partial charge in [-0.15, -0.1) is 0 Å². The van der Waals surface area contributed by atoms with E-state index in [2.05, 4.69) is 25.7 Å². The number of hydrogen-bond donors (Lipinski definition) is 0. The number of hydrogen-bond acceptors (Lipinski definition) is 2. The maximum Gasteiger partial charge on any atom is 0.187 e. The maximum atomic E-state index is 13.0. The Hall–Kier alpha value is -1.37. The number of nitrogens with zero attached hydrogens (tertiary/aromatic N) is 1. The highest BCUT2D eigenvalue weighted by Crippen LogP contribution is 2.54. The van der Waals surface area contributed by atoms with E-state index in [1.807, 2.05) is 6.07 Å². The minimum Gasteiger partial charge on any atom is -0.292 e. The topological polar surface area (TPSA) is 40.9 Å². The second-order valence-electron chi connectivity index (χ2n) is 6.99. The molecular formula is C17H18ClNOSi. The predicted octanol–water partition coefficient (Wildman–Crippen LogP) is 4.86. The van der Waals surface area contributed by atoms with Crippen LogP contribution < -0.4 is 0 Å². The lowest BCUT2D eigenvalue weighted by atomic mass is 9.72. The Labute approximate surface area is 131 Å². The number of allylic oxidation sites excluding steroid dienone is 1. The van der Waals surface area contributed by atoms with Gasteiger partial charge in [-0.2, -0.15) is 5.26 Å². The first-order chi connectivity index (χ1) is 9.81. The number of carbonyl (C=O) groups is 1. The van der Waals surface area contributed by atoms with Crippen LogP contribution in [0.3, 0.4) is 0 Å². The normalized spacial score (nSPS) is 24.6. The van der Waals surface area contributed by atoms with Crippen molar-refractivity contribution in [2.75, 3.05) is 0 Å². The van der Waals surface area contributed by atoms with Crippen LogP contribution in [0.4, 0.5) is 0 Å². The molecule has 0 bridgehead atoms. The summed E-state index contributed by atoms with van der Waals surface area (Å²) in [4.78, 5) is 13.0. The molecule has 0 saturated heterocycles. The SMILES string of the molecule is C[Si](C)(C)C1=C2CCCC2(C#N)C(=O)c2ccc(Cl)cc21. The number of Topliss-reactive ketones (excluding diaryl/α,β-unsaturated/α-hetero) is 1. The molecule has 3 rings (SSSR count). The lowest BCUT2D eigenvalue weighted by Crippen LogP contribution is -2.38. The number of fused-ring (bicyclic) bond motifs is 2. The molecule has 1 unspecified atom stereocenters. The largest absolute Gasteiger partial charge is 0.292 e. The van der Waals surface area contributed by atoms with Crippen LogP contribution in [0.2, 0.25) is 24.7 Å². The minimum atomic E-state index is -1.69. The Morgan fingerprint density at radius 2 is 2.00 bits per heavy atom. The molecule has 0 N–H and O–H groups in total. The van der Waals surface area contributed by atoms with Crippen LogP contribution in [0.5, 0.6) is 0 Å². The third kappa shape index (κ3) is 1.93. The van der Waals surface area contributed by atoms with Crippen molar-refractivity contribution in [3.63, 3.8) is 0 Å². The van der Waals surface area contributed by atoms with Gasteiger partial charge in [0, 0.05) is 10.6 Å². The fourth-order valence-electron chi connectivity index (χ4n) is 3.83. The standard InChI is InChI=1S/C17H18ClNOSi/c1-21(2,3)15-13-9-11(18)6-7-12(13)16(20)17(10-19)8-4-5-14(15)17/h6-7,9H,4-5,8H2,1-3H3. The zero-order valence-corrected chi connectivity index (χ0v) is 14.3. The minimum absolute atomic E-state index is 0.0221. The molecule has 2 aliphatic carbocycles. The van der Waals surface area contributed by atoms with E-state index >= 15 is 0 Å². The summed E-state index contributed by atoms with van der Waals surface area (Å²) in [6, 6.07) is 7.84. The van der Waals surface area contributed by atoms with Gasteiger partial charge < -0.3 is 0 Å². The van der Waals surface area contributed by atoms with Gasteiger partial charge in [-0.1, -0.05) is 36.4 Å². The molecule has 0 radical (unpaired) electrons. The number of halogens is 1. The smallest absolute Gasteiger partial charge is 0.187 e. The van der Waals surface area contributed by atoms with Gasteiger partial charge in [0.05, 0.1) is 14.1 Å². The van der Waals surface area contributed by atoms with Crippen molar-refractivity contribution < 1.29 is 4.79 Å². The summed E-state index contributed by atoms with van der Waals surface area (Å²) < 4.78 is 0. The summed E-state index contributed by atoms with van der Waals surface area (Å²) in [7, 11) is -1.69. The Morgan fingerprint density at radius 3 is 2.62 bits per heavy atom. The molecule has 108 valence electrons. The third-order valence-electron chi connectivity index (χ3n) is 4.62. The Kier molecular flexibility index (Phi) is 3.16. The number of ketones is 1. The van der Waals surface area contributed by atoms with Gasteiger partial charge >= 0.3 is 0 Å². The van der Waals surface area contributed by atoms with E-state index in [-0.39, 0.29) is 5.78 Å². The molecule has 1 saturated carbocycles. The van der Waals surface area contributed by atoms with Crippen molar-refractivity contribution in [3.8, 4) is 6.07 Å². The van der Waals surface area contributed by atoms with Crippen molar-refractivity contribution in [2.24, 2.45) is 5.41 Å². The fraction of sp³-hybridized carbons (Fsp3) is 0.412. The van der Waals surface area contributed by atoms with Crippen LogP contribution in [0, 0.1) is 16.7 Å². The molecule has 0 aliphatic heterocycles. The summed E-state index contributed by atoms with van der Waals surface area (Å²) in [5, 5.41) is 11.7. The Balaban J connectivity index is 2.42. The second-order valence-corrected chi connectivity index (χ2v) is 12.4. The summed E-state index contributed by atoms with van der Waals surface area (Å²) in [5.41, 5.74) is 1.85. The van der Waals surface area contributed by atoms with E-state index in [0.29, 0.717) is 17.0 Å². The lowest BCUT2D eigenvalue weighted by Gasteiger charge is -2.36. The molecule has 1 atom stereocenters. The highest BCUT2D eigenvalue weighted by atomic mass is 35.5. The van der Waals surface area contributed by atoms with Crippen molar-refractivity contribution in [2.45, 2.75) is 38.9 Å². The molecule has 1 fully saturated rings. The Bertz CT molecular complexity index is 723. The van der Waals surface area contributed by atoms with Crippen LogP contribution in [0.25, 0.3) is 5.20 Å². The molecule has 0 spiro atoms. The molecule has 1 aromatic carbocycles. The molecule has 4 heteroatoms. The molecular weight excluding hydrogens is 298 g/mol. The van der Waals surface area contributed by atoms with Crippen molar-refractivity contribution in [3.05, 3.63) is 39.9 Å². The summed E-state index contributed by atoms with van der Waals surface area (Å²) >= 11 is 6.17. The van der Waals surface area contributed by atoms with Crippen LogP contribution in [0.15, 0.2) is 23.8 Å².